The smallest absolute Gasteiger partial charge is 0.315 e. The highest BCUT2D eigenvalue weighted by atomic mass is 16.4. The van der Waals surface area contributed by atoms with Gasteiger partial charge >= 0.3 is 12.0 Å². The SMILES string of the molecule is CC(CCC(=O)O)NC(=O)NCCN. The highest BCUT2D eigenvalue weighted by molar-refractivity contribution is 5.74. The van der Waals surface area contributed by atoms with Gasteiger partial charge in [-0.3, -0.25) is 4.79 Å². The van der Waals surface area contributed by atoms with Crippen molar-refractivity contribution in [3.8, 4) is 0 Å². The summed E-state index contributed by atoms with van der Waals surface area (Å²) in [5.41, 5.74) is 5.19. The molecule has 0 saturated heterocycles. The largest absolute Gasteiger partial charge is 0.481 e. The number of carboxylic acids is 1. The lowest BCUT2D eigenvalue weighted by atomic mass is 10.2. The number of rotatable bonds is 6. The number of amides is 2. The zero-order valence-electron chi connectivity index (χ0n) is 8.25. The molecule has 0 radical (unpaired) electrons. The summed E-state index contributed by atoms with van der Waals surface area (Å²) in [7, 11) is 0. The van der Waals surface area contributed by atoms with E-state index < -0.39 is 5.97 Å². The average Bonchev–Trinajstić information content (AvgIpc) is 2.11. The van der Waals surface area contributed by atoms with Gasteiger partial charge in [0, 0.05) is 25.6 Å². The first-order chi connectivity index (χ1) is 6.56. The fourth-order valence-corrected chi connectivity index (χ4v) is 0.873. The number of nitrogens with one attached hydrogen (secondary N) is 2. The first-order valence-electron chi connectivity index (χ1n) is 4.52. The molecule has 0 bridgehead atoms. The van der Waals surface area contributed by atoms with E-state index in [1.807, 2.05) is 0 Å². The van der Waals surface area contributed by atoms with E-state index in [9.17, 15) is 9.59 Å². The van der Waals surface area contributed by atoms with E-state index >= 15 is 0 Å². The van der Waals surface area contributed by atoms with E-state index in [0.717, 1.165) is 0 Å². The Morgan fingerprint density at radius 3 is 2.64 bits per heavy atom. The van der Waals surface area contributed by atoms with Gasteiger partial charge in [0.2, 0.25) is 0 Å². The maximum absolute atomic E-state index is 11.0. The zero-order chi connectivity index (χ0) is 11.0. The predicted molar refractivity (Wildman–Crippen MR) is 51.9 cm³/mol. The summed E-state index contributed by atoms with van der Waals surface area (Å²) in [4.78, 5) is 21.2. The Labute approximate surface area is 82.9 Å². The topological polar surface area (TPSA) is 104 Å². The Balaban J connectivity index is 3.55. The van der Waals surface area contributed by atoms with Crippen LogP contribution in [0.4, 0.5) is 4.79 Å². The molecule has 6 nitrogen and oxygen atoms in total. The fourth-order valence-electron chi connectivity index (χ4n) is 0.873. The Bertz CT molecular complexity index is 196. The summed E-state index contributed by atoms with van der Waals surface area (Å²) in [6.45, 7) is 2.55. The number of carbonyl (C=O) groups excluding carboxylic acids is 1. The molecule has 5 N–H and O–H groups in total. The van der Waals surface area contributed by atoms with Crippen LogP contribution in [0.25, 0.3) is 0 Å². The molecule has 14 heavy (non-hydrogen) atoms. The predicted octanol–water partition coefficient (Wildman–Crippen LogP) is -0.502. The summed E-state index contributed by atoms with van der Waals surface area (Å²) in [6, 6.07) is -0.461. The molecule has 2 amide bonds. The van der Waals surface area contributed by atoms with Crippen LogP contribution >= 0.6 is 0 Å². The average molecular weight is 203 g/mol. The van der Waals surface area contributed by atoms with E-state index in [2.05, 4.69) is 10.6 Å². The molecule has 0 spiro atoms. The molecular formula is C8H17N3O3. The quantitative estimate of drug-likeness (QED) is 0.467. The maximum Gasteiger partial charge on any atom is 0.315 e. The second kappa shape index (κ2) is 7.14. The van der Waals surface area contributed by atoms with E-state index in [0.29, 0.717) is 19.5 Å². The minimum absolute atomic E-state index is 0.0539. The molecule has 0 aliphatic carbocycles. The van der Waals surface area contributed by atoms with Gasteiger partial charge in [0.05, 0.1) is 0 Å². The number of aliphatic carboxylic acids is 1. The van der Waals surface area contributed by atoms with Crippen molar-refractivity contribution in [2.45, 2.75) is 25.8 Å². The number of carbonyl (C=O) groups is 2. The number of hydrogen-bond acceptors (Lipinski definition) is 3. The monoisotopic (exact) mass is 203 g/mol. The standard InChI is InChI=1S/C8H17N3O3/c1-6(2-3-7(12)13)11-8(14)10-5-4-9/h6H,2-5,9H2,1H3,(H,12,13)(H2,10,11,14). The van der Waals surface area contributed by atoms with Crippen LogP contribution in [0.1, 0.15) is 19.8 Å². The third-order valence-corrected chi connectivity index (χ3v) is 1.60. The zero-order valence-corrected chi connectivity index (χ0v) is 8.25. The highest BCUT2D eigenvalue weighted by Crippen LogP contribution is 1.95. The molecule has 0 saturated carbocycles. The summed E-state index contributed by atoms with van der Waals surface area (Å²) in [5.74, 6) is -0.860. The molecule has 0 rings (SSSR count). The lowest BCUT2D eigenvalue weighted by Gasteiger charge is -2.12. The lowest BCUT2D eigenvalue weighted by Crippen LogP contribution is -2.42. The van der Waals surface area contributed by atoms with Gasteiger partial charge in [-0.1, -0.05) is 0 Å². The summed E-state index contributed by atoms with van der Waals surface area (Å²) in [6.07, 6.45) is 0.476. The second-order valence-corrected chi connectivity index (χ2v) is 3.02. The Hall–Kier alpha value is -1.30. The normalized spacial score (nSPS) is 11.9. The van der Waals surface area contributed by atoms with Gasteiger partial charge in [0.1, 0.15) is 0 Å². The molecule has 0 fully saturated rings. The molecule has 1 unspecified atom stereocenters. The van der Waals surface area contributed by atoms with Crippen molar-refractivity contribution < 1.29 is 14.7 Å². The lowest BCUT2D eigenvalue weighted by molar-refractivity contribution is -0.137. The number of urea groups is 1. The molecule has 0 heterocycles. The highest BCUT2D eigenvalue weighted by Gasteiger charge is 2.07. The van der Waals surface area contributed by atoms with Crippen LogP contribution in [0.5, 0.6) is 0 Å². The van der Waals surface area contributed by atoms with Gasteiger partial charge in [-0.05, 0) is 13.3 Å². The van der Waals surface area contributed by atoms with Gasteiger partial charge in [0.15, 0.2) is 0 Å². The minimum Gasteiger partial charge on any atom is -0.481 e. The van der Waals surface area contributed by atoms with Gasteiger partial charge in [0.25, 0.3) is 0 Å². The molecule has 0 aromatic carbocycles. The number of hydrogen-bond donors (Lipinski definition) is 4. The minimum atomic E-state index is -0.860. The molecular weight excluding hydrogens is 186 g/mol. The first kappa shape index (κ1) is 12.7. The van der Waals surface area contributed by atoms with Crippen LogP contribution in [0.2, 0.25) is 0 Å². The Morgan fingerprint density at radius 1 is 1.50 bits per heavy atom. The fraction of sp³-hybridized carbons (Fsp3) is 0.750. The molecule has 1 atom stereocenters. The van der Waals surface area contributed by atoms with Crippen LogP contribution in [0.15, 0.2) is 0 Å². The van der Waals surface area contributed by atoms with E-state index in [1.165, 1.54) is 0 Å². The molecule has 0 aliphatic heterocycles. The summed E-state index contributed by atoms with van der Waals surface area (Å²) >= 11 is 0. The van der Waals surface area contributed by atoms with Crippen LogP contribution < -0.4 is 16.4 Å². The van der Waals surface area contributed by atoms with E-state index in [1.54, 1.807) is 6.92 Å². The van der Waals surface area contributed by atoms with Crippen LogP contribution in [-0.4, -0.2) is 36.2 Å². The summed E-state index contributed by atoms with van der Waals surface area (Å²) < 4.78 is 0. The van der Waals surface area contributed by atoms with E-state index in [-0.39, 0.29) is 18.5 Å². The van der Waals surface area contributed by atoms with Crippen molar-refractivity contribution in [3.05, 3.63) is 0 Å². The Kier molecular flexibility index (Phi) is 6.47. The molecule has 6 heteroatoms. The maximum atomic E-state index is 11.0. The van der Waals surface area contributed by atoms with Crippen molar-refractivity contribution in [2.24, 2.45) is 5.73 Å². The second-order valence-electron chi connectivity index (χ2n) is 3.02. The van der Waals surface area contributed by atoms with Crippen LogP contribution in [0, 0.1) is 0 Å². The van der Waals surface area contributed by atoms with Crippen molar-refractivity contribution in [2.75, 3.05) is 13.1 Å². The Morgan fingerprint density at radius 2 is 2.14 bits per heavy atom. The molecule has 0 aromatic rings. The van der Waals surface area contributed by atoms with Crippen molar-refractivity contribution in [1.29, 1.82) is 0 Å². The number of nitrogens with two attached hydrogens (primary N) is 1. The van der Waals surface area contributed by atoms with Crippen molar-refractivity contribution >= 4 is 12.0 Å². The first-order valence-corrected chi connectivity index (χ1v) is 4.52. The van der Waals surface area contributed by atoms with E-state index in [4.69, 9.17) is 10.8 Å². The molecule has 82 valence electrons. The third kappa shape index (κ3) is 7.35. The van der Waals surface area contributed by atoms with Gasteiger partial charge < -0.3 is 21.5 Å². The molecule has 0 aliphatic rings. The van der Waals surface area contributed by atoms with Crippen molar-refractivity contribution in [3.63, 3.8) is 0 Å². The summed E-state index contributed by atoms with van der Waals surface area (Å²) in [5, 5.41) is 13.5. The van der Waals surface area contributed by atoms with Crippen LogP contribution in [0.3, 0.4) is 0 Å². The number of carboxylic acid groups (broad SMARTS) is 1. The van der Waals surface area contributed by atoms with Gasteiger partial charge in [-0.15, -0.1) is 0 Å². The van der Waals surface area contributed by atoms with Gasteiger partial charge in [-0.2, -0.15) is 0 Å². The van der Waals surface area contributed by atoms with Gasteiger partial charge in [-0.25, -0.2) is 4.79 Å². The van der Waals surface area contributed by atoms with Crippen molar-refractivity contribution in [1.82, 2.24) is 10.6 Å². The third-order valence-electron chi connectivity index (χ3n) is 1.60. The molecule has 0 aromatic heterocycles. The van der Waals surface area contributed by atoms with Crippen LogP contribution in [-0.2, 0) is 4.79 Å².